The third-order valence-corrected chi connectivity index (χ3v) is 7.63. The standard InChI is InChI=1S/C24H23ClN4O3S/c1-15-19-21(26-13-18-3-2-12-32-18)27-14-28-22(19)33-20(15)23(30)29-10-8-24(31,9-11-29)16-4-6-17(25)7-5-16/h2-7,12,14,31H,8-11,13H2,1H3,(H,26,27,28). The monoisotopic (exact) mass is 482 g/mol. The molecular weight excluding hydrogens is 460 g/mol. The van der Waals surface area contributed by atoms with E-state index < -0.39 is 5.60 Å². The second-order valence-corrected chi connectivity index (χ2v) is 9.66. The number of furan rings is 1. The van der Waals surface area contributed by atoms with E-state index in [1.54, 1.807) is 18.4 Å². The number of carbonyl (C=O) groups is 1. The molecule has 0 atom stereocenters. The van der Waals surface area contributed by atoms with E-state index in [0.717, 1.165) is 27.1 Å². The summed E-state index contributed by atoms with van der Waals surface area (Å²) in [5.41, 5.74) is 0.742. The fourth-order valence-electron chi connectivity index (χ4n) is 4.27. The molecule has 1 aliphatic rings. The predicted octanol–water partition coefficient (Wildman–Crippen LogP) is 4.98. The number of aromatic nitrogens is 2. The molecule has 0 saturated carbocycles. The van der Waals surface area contributed by atoms with E-state index in [1.165, 1.54) is 17.7 Å². The number of hydrogen-bond acceptors (Lipinski definition) is 7. The third-order valence-electron chi connectivity index (χ3n) is 6.19. The van der Waals surface area contributed by atoms with Crippen LogP contribution in [0.25, 0.3) is 10.2 Å². The smallest absolute Gasteiger partial charge is 0.264 e. The van der Waals surface area contributed by atoms with Crippen LogP contribution in [0.1, 0.15) is 39.4 Å². The maximum absolute atomic E-state index is 13.4. The van der Waals surface area contributed by atoms with Crippen LogP contribution in [-0.2, 0) is 12.1 Å². The Morgan fingerprint density at radius 3 is 2.70 bits per heavy atom. The Bertz CT molecular complexity index is 1280. The van der Waals surface area contributed by atoms with Gasteiger partial charge in [0.25, 0.3) is 5.91 Å². The molecule has 4 heterocycles. The van der Waals surface area contributed by atoms with Gasteiger partial charge >= 0.3 is 0 Å². The molecule has 0 aliphatic carbocycles. The molecular formula is C24H23ClN4O3S. The van der Waals surface area contributed by atoms with Crippen molar-refractivity contribution < 1.29 is 14.3 Å². The van der Waals surface area contributed by atoms with Gasteiger partial charge in [0.1, 0.15) is 22.7 Å². The van der Waals surface area contributed by atoms with Crippen LogP contribution < -0.4 is 5.32 Å². The van der Waals surface area contributed by atoms with Gasteiger partial charge in [-0.25, -0.2) is 9.97 Å². The number of fused-ring (bicyclic) bond motifs is 1. The van der Waals surface area contributed by atoms with Gasteiger partial charge in [-0.05, 0) is 55.2 Å². The van der Waals surface area contributed by atoms with Gasteiger partial charge in [0.05, 0.1) is 28.7 Å². The summed E-state index contributed by atoms with van der Waals surface area (Å²) in [6.45, 7) is 3.37. The normalized spacial score (nSPS) is 15.7. The Labute approximate surface area is 200 Å². The van der Waals surface area contributed by atoms with Crippen molar-refractivity contribution in [2.45, 2.75) is 31.9 Å². The summed E-state index contributed by atoms with van der Waals surface area (Å²) in [7, 11) is 0. The average molecular weight is 483 g/mol. The summed E-state index contributed by atoms with van der Waals surface area (Å²) in [4.78, 5) is 25.4. The molecule has 2 N–H and O–H groups in total. The third kappa shape index (κ3) is 4.21. The van der Waals surface area contributed by atoms with Gasteiger partial charge in [-0.1, -0.05) is 23.7 Å². The minimum Gasteiger partial charge on any atom is -0.467 e. The van der Waals surface area contributed by atoms with Crippen molar-refractivity contribution in [1.29, 1.82) is 0 Å². The van der Waals surface area contributed by atoms with Crippen molar-refractivity contribution in [3.63, 3.8) is 0 Å². The molecule has 0 unspecified atom stereocenters. The van der Waals surface area contributed by atoms with E-state index in [-0.39, 0.29) is 5.91 Å². The molecule has 4 aromatic rings. The maximum atomic E-state index is 13.4. The first-order valence-corrected chi connectivity index (χ1v) is 11.9. The Balaban J connectivity index is 1.34. The molecule has 0 bridgehead atoms. The molecule has 170 valence electrons. The molecule has 5 rings (SSSR count). The van der Waals surface area contributed by atoms with Crippen molar-refractivity contribution in [3.8, 4) is 0 Å². The number of likely N-dealkylation sites (tertiary alicyclic amines) is 1. The molecule has 3 aromatic heterocycles. The highest BCUT2D eigenvalue weighted by molar-refractivity contribution is 7.20. The zero-order valence-electron chi connectivity index (χ0n) is 18.0. The van der Waals surface area contributed by atoms with Crippen molar-refractivity contribution >= 4 is 44.9 Å². The quantitative estimate of drug-likeness (QED) is 0.416. The number of halogens is 1. The van der Waals surface area contributed by atoms with Crippen LogP contribution in [-0.4, -0.2) is 39.0 Å². The van der Waals surface area contributed by atoms with Crippen molar-refractivity contribution in [1.82, 2.24) is 14.9 Å². The van der Waals surface area contributed by atoms with Gasteiger partial charge in [0, 0.05) is 18.1 Å². The van der Waals surface area contributed by atoms with Crippen LogP contribution in [0.5, 0.6) is 0 Å². The van der Waals surface area contributed by atoms with Crippen LogP contribution >= 0.6 is 22.9 Å². The largest absolute Gasteiger partial charge is 0.467 e. The maximum Gasteiger partial charge on any atom is 0.264 e. The molecule has 1 saturated heterocycles. The number of rotatable bonds is 5. The number of piperidine rings is 1. The molecule has 33 heavy (non-hydrogen) atoms. The summed E-state index contributed by atoms with van der Waals surface area (Å²) >= 11 is 7.36. The van der Waals surface area contributed by atoms with E-state index in [1.807, 2.05) is 36.1 Å². The van der Waals surface area contributed by atoms with Gasteiger partial charge in [0.15, 0.2) is 0 Å². The fourth-order valence-corrected chi connectivity index (χ4v) is 5.51. The highest BCUT2D eigenvalue weighted by atomic mass is 35.5. The molecule has 1 amide bonds. The molecule has 9 heteroatoms. The summed E-state index contributed by atoms with van der Waals surface area (Å²) in [5, 5.41) is 15.9. The Kier molecular flexibility index (Phi) is 5.82. The molecule has 1 aromatic carbocycles. The average Bonchev–Trinajstić information content (AvgIpc) is 3.46. The Morgan fingerprint density at radius 2 is 2.00 bits per heavy atom. The lowest BCUT2D eigenvalue weighted by Crippen LogP contribution is -2.45. The van der Waals surface area contributed by atoms with Gasteiger partial charge in [0.2, 0.25) is 0 Å². The van der Waals surface area contributed by atoms with E-state index in [0.29, 0.717) is 48.2 Å². The number of anilines is 1. The summed E-state index contributed by atoms with van der Waals surface area (Å²) < 4.78 is 5.38. The second kappa shape index (κ2) is 8.78. The van der Waals surface area contributed by atoms with Crippen LogP contribution in [0.2, 0.25) is 5.02 Å². The number of amides is 1. The number of nitrogens with one attached hydrogen (secondary N) is 1. The minimum atomic E-state index is -0.953. The SMILES string of the molecule is Cc1c(C(=O)N2CCC(O)(c3ccc(Cl)cc3)CC2)sc2ncnc(NCc3ccco3)c12. The van der Waals surface area contributed by atoms with Gasteiger partial charge < -0.3 is 19.7 Å². The molecule has 0 spiro atoms. The molecule has 0 radical (unpaired) electrons. The van der Waals surface area contributed by atoms with E-state index in [4.69, 9.17) is 16.0 Å². The van der Waals surface area contributed by atoms with Crippen LogP contribution in [0.4, 0.5) is 5.82 Å². The summed E-state index contributed by atoms with van der Waals surface area (Å²) in [6, 6.07) is 11.0. The molecule has 1 aliphatic heterocycles. The van der Waals surface area contributed by atoms with E-state index >= 15 is 0 Å². The van der Waals surface area contributed by atoms with E-state index in [2.05, 4.69) is 15.3 Å². The van der Waals surface area contributed by atoms with Crippen molar-refractivity contribution in [2.75, 3.05) is 18.4 Å². The lowest BCUT2D eigenvalue weighted by molar-refractivity contribution is -0.0210. The lowest BCUT2D eigenvalue weighted by atomic mass is 9.84. The van der Waals surface area contributed by atoms with Crippen LogP contribution in [0.3, 0.4) is 0 Å². The second-order valence-electron chi connectivity index (χ2n) is 8.22. The number of aliphatic hydroxyl groups is 1. The number of thiophene rings is 1. The number of hydrogen-bond donors (Lipinski definition) is 2. The zero-order chi connectivity index (χ0) is 23.0. The van der Waals surface area contributed by atoms with Crippen molar-refractivity contribution in [2.24, 2.45) is 0 Å². The summed E-state index contributed by atoms with van der Waals surface area (Å²) in [5.74, 6) is 1.44. The van der Waals surface area contributed by atoms with Gasteiger partial charge in [-0.15, -0.1) is 11.3 Å². The van der Waals surface area contributed by atoms with Gasteiger partial charge in [-0.2, -0.15) is 0 Å². The molecule has 7 nitrogen and oxygen atoms in total. The zero-order valence-corrected chi connectivity index (χ0v) is 19.6. The lowest BCUT2D eigenvalue weighted by Gasteiger charge is -2.38. The van der Waals surface area contributed by atoms with E-state index in [9.17, 15) is 9.90 Å². The first kappa shape index (κ1) is 21.9. The number of carbonyl (C=O) groups excluding carboxylic acids is 1. The van der Waals surface area contributed by atoms with Crippen molar-refractivity contribution in [3.05, 3.63) is 75.8 Å². The number of benzene rings is 1. The minimum absolute atomic E-state index is 0.0364. The first-order valence-electron chi connectivity index (χ1n) is 10.7. The number of aryl methyl sites for hydroxylation is 1. The predicted molar refractivity (Wildman–Crippen MR) is 129 cm³/mol. The Hall–Kier alpha value is -2.94. The fraction of sp³-hybridized carbons (Fsp3) is 0.292. The van der Waals surface area contributed by atoms with Gasteiger partial charge in [-0.3, -0.25) is 4.79 Å². The molecule has 1 fully saturated rings. The summed E-state index contributed by atoms with van der Waals surface area (Å²) in [6.07, 6.45) is 4.08. The van der Waals surface area contributed by atoms with Crippen LogP contribution in [0, 0.1) is 6.92 Å². The first-order chi connectivity index (χ1) is 15.9. The highest BCUT2D eigenvalue weighted by Gasteiger charge is 2.36. The topological polar surface area (TPSA) is 91.5 Å². The van der Waals surface area contributed by atoms with Crippen LogP contribution in [0.15, 0.2) is 53.4 Å². The highest BCUT2D eigenvalue weighted by Crippen LogP contribution is 2.37. The Morgan fingerprint density at radius 1 is 1.24 bits per heavy atom. The number of nitrogens with zero attached hydrogens (tertiary/aromatic N) is 3.